The molecule has 1 heterocycles. The van der Waals surface area contributed by atoms with Gasteiger partial charge in [-0.3, -0.25) is 34.7 Å². The number of nitrogens with zero attached hydrogens (tertiary/aromatic N) is 3. The van der Waals surface area contributed by atoms with Gasteiger partial charge < -0.3 is 9.47 Å². The highest BCUT2D eigenvalue weighted by molar-refractivity contribution is 8.18. The number of carbonyl (C=O) groups is 2. The van der Waals surface area contributed by atoms with Gasteiger partial charge in [-0.15, -0.1) is 0 Å². The first-order valence-electron chi connectivity index (χ1n) is 10.8. The van der Waals surface area contributed by atoms with Gasteiger partial charge in [-0.2, -0.15) is 0 Å². The van der Waals surface area contributed by atoms with Gasteiger partial charge in [-0.05, 0) is 59.7 Å². The summed E-state index contributed by atoms with van der Waals surface area (Å²) in [5, 5.41) is 22.0. The molecule has 2 amide bonds. The Labute approximate surface area is 214 Å². The minimum Gasteiger partial charge on any atom is -0.493 e. The summed E-state index contributed by atoms with van der Waals surface area (Å²) in [6.45, 7) is 2.07. The van der Waals surface area contributed by atoms with Crippen LogP contribution in [0.2, 0.25) is 0 Å². The molecule has 0 aliphatic carbocycles. The molecule has 188 valence electrons. The van der Waals surface area contributed by atoms with Crippen molar-refractivity contribution < 1.29 is 28.9 Å². The van der Waals surface area contributed by atoms with E-state index in [9.17, 15) is 29.8 Å². The summed E-state index contributed by atoms with van der Waals surface area (Å²) in [5.41, 5.74) is 1.35. The van der Waals surface area contributed by atoms with Gasteiger partial charge in [-0.1, -0.05) is 30.3 Å². The van der Waals surface area contributed by atoms with Crippen molar-refractivity contribution in [2.24, 2.45) is 0 Å². The maximum absolute atomic E-state index is 12.9. The van der Waals surface area contributed by atoms with Crippen LogP contribution in [0.3, 0.4) is 0 Å². The number of benzene rings is 3. The zero-order chi connectivity index (χ0) is 26.7. The number of thioether (sulfide) groups is 1. The molecule has 37 heavy (non-hydrogen) atoms. The number of hydrogen-bond acceptors (Lipinski definition) is 9. The molecule has 0 saturated carbocycles. The summed E-state index contributed by atoms with van der Waals surface area (Å²) in [7, 11) is 1.37. The van der Waals surface area contributed by atoms with Crippen molar-refractivity contribution in [2.75, 3.05) is 7.11 Å². The van der Waals surface area contributed by atoms with E-state index in [0.717, 1.165) is 41.1 Å². The maximum atomic E-state index is 12.9. The standard InChI is InChI=1S/C25H19N3O8S/c1-15-5-3-4-6-17(15)14-26-24(29)23(37-25(26)30)12-16-7-9-21(22(11-16)35-2)36-20-10-8-18(27(31)32)13-19(20)28(33)34/h3-13H,14H2,1-2H3/b23-12-. The molecular formula is C25H19N3O8S. The number of imide groups is 1. The molecule has 1 aliphatic rings. The number of aryl methyl sites for hydroxylation is 1. The van der Waals surface area contributed by atoms with Crippen LogP contribution in [0.4, 0.5) is 16.2 Å². The minimum atomic E-state index is -0.782. The number of methoxy groups -OCH3 is 1. The molecule has 11 nitrogen and oxygen atoms in total. The van der Waals surface area contributed by atoms with Crippen LogP contribution in [0.1, 0.15) is 16.7 Å². The fourth-order valence-electron chi connectivity index (χ4n) is 3.57. The van der Waals surface area contributed by atoms with Gasteiger partial charge in [0.05, 0.1) is 34.5 Å². The monoisotopic (exact) mass is 521 g/mol. The van der Waals surface area contributed by atoms with Gasteiger partial charge in [0.25, 0.3) is 16.8 Å². The second-order valence-electron chi connectivity index (χ2n) is 7.87. The molecule has 0 atom stereocenters. The van der Waals surface area contributed by atoms with Crippen molar-refractivity contribution in [2.45, 2.75) is 13.5 Å². The molecule has 3 aromatic rings. The Morgan fingerprint density at radius 1 is 0.946 bits per heavy atom. The fraction of sp³-hybridized carbons (Fsp3) is 0.120. The molecule has 0 bridgehead atoms. The molecule has 0 unspecified atom stereocenters. The van der Waals surface area contributed by atoms with E-state index >= 15 is 0 Å². The van der Waals surface area contributed by atoms with E-state index in [0.29, 0.717) is 5.56 Å². The van der Waals surface area contributed by atoms with E-state index in [1.165, 1.54) is 18.1 Å². The SMILES string of the molecule is COc1cc(/C=C2\SC(=O)N(Cc3ccccc3C)C2=O)ccc1Oc1ccc([N+](=O)[O-])cc1[N+](=O)[O-]. The third kappa shape index (κ3) is 5.43. The Morgan fingerprint density at radius 2 is 1.68 bits per heavy atom. The number of ether oxygens (including phenoxy) is 2. The second kappa shape index (κ2) is 10.5. The third-order valence-electron chi connectivity index (χ3n) is 5.52. The zero-order valence-corrected chi connectivity index (χ0v) is 20.4. The van der Waals surface area contributed by atoms with E-state index in [1.807, 2.05) is 31.2 Å². The van der Waals surface area contributed by atoms with Crippen LogP contribution in [0.5, 0.6) is 17.2 Å². The minimum absolute atomic E-state index is 0.115. The number of nitro groups is 2. The Morgan fingerprint density at radius 3 is 2.35 bits per heavy atom. The Balaban J connectivity index is 1.58. The van der Waals surface area contributed by atoms with Gasteiger partial charge in [0, 0.05) is 6.07 Å². The average molecular weight is 522 g/mol. The van der Waals surface area contributed by atoms with E-state index in [2.05, 4.69) is 0 Å². The highest BCUT2D eigenvalue weighted by Crippen LogP contribution is 2.39. The first-order chi connectivity index (χ1) is 17.7. The summed E-state index contributed by atoms with van der Waals surface area (Å²) in [6.07, 6.45) is 1.55. The lowest BCUT2D eigenvalue weighted by atomic mass is 10.1. The summed E-state index contributed by atoms with van der Waals surface area (Å²) in [4.78, 5) is 47.7. The molecule has 0 radical (unpaired) electrons. The van der Waals surface area contributed by atoms with E-state index in [-0.39, 0.29) is 33.9 Å². The molecule has 1 fully saturated rings. The molecule has 1 aliphatic heterocycles. The fourth-order valence-corrected chi connectivity index (χ4v) is 4.41. The van der Waals surface area contributed by atoms with Crippen molar-refractivity contribution in [1.82, 2.24) is 4.90 Å². The van der Waals surface area contributed by atoms with E-state index in [1.54, 1.807) is 18.2 Å². The molecule has 0 N–H and O–H groups in total. The summed E-state index contributed by atoms with van der Waals surface area (Å²) in [5.74, 6) is -0.317. The number of hydrogen-bond donors (Lipinski definition) is 0. The lowest BCUT2D eigenvalue weighted by Crippen LogP contribution is -2.27. The normalized spacial score (nSPS) is 14.2. The van der Waals surface area contributed by atoms with Crippen LogP contribution in [0.25, 0.3) is 6.08 Å². The van der Waals surface area contributed by atoms with Crippen LogP contribution in [0.15, 0.2) is 65.6 Å². The third-order valence-corrected chi connectivity index (χ3v) is 6.43. The highest BCUT2D eigenvalue weighted by Gasteiger charge is 2.35. The number of rotatable bonds is 8. The Hall–Kier alpha value is -4.71. The van der Waals surface area contributed by atoms with Crippen LogP contribution in [0, 0.1) is 27.2 Å². The lowest BCUT2D eigenvalue weighted by Gasteiger charge is -2.14. The second-order valence-corrected chi connectivity index (χ2v) is 8.87. The first-order valence-corrected chi connectivity index (χ1v) is 11.6. The first kappa shape index (κ1) is 25.4. The van der Waals surface area contributed by atoms with Crippen molar-refractivity contribution in [3.8, 4) is 17.2 Å². The lowest BCUT2D eigenvalue weighted by molar-refractivity contribution is -0.394. The number of amides is 2. The number of carbonyl (C=O) groups excluding carboxylic acids is 2. The summed E-state index contributed by atoms with van der Waals surface area (Å²) < 4.78 is 11.0. The summed E-state index contributed by atoms with van der Waals surface area (Å²) in [6, 6.07) is 15.1. The molecule has 0 aromatic heterocycles. The smallest absolute Gasteiger partial charge is 0.318 e. The van der Waals surface area contributed by atoms with Crippen LogP contribution >= 0.6 is 11.8 Å². The molecular weight excluding hydrogens is 502 g/mol. The highest BCUT2D eigenvalue weighted by atomic mass is 32.2. The Kier molecular flexibility index (Phi) is 7.20. The summed E-state index contributed by atoms with van der Waals surface area (Å²) >= 11 is 0.827. The van der Waals surface area contributed by atoms with Gasteiger partial charge in [-0.25, -0.2) is 0 Å². The predicted octanol–water partition coefficient (Wildman–Crippen LogP) is 5.85. The van der Waals surface area contributed by atoms with E-state index in [4.69, 9.17) is 9.47 Å². The van der Waals surface area contributed by atoms with Crippen molar-refractivity contribution in [3.05, 3.63) is 102 Å². The molecule has 12 heteroatoms. The molecule has 3 aromatic carbocycles. The van der Waals surface area contributed by atoms with Gasteiger partial charge >= 0.3 is 5.69 Å². The van der Waals surface area contributed by atoms with Crippen LogP contribution in [-0.4, -0.2) is 33.0 Å². The molecule has 0 spiro atoms. The van der Waals surface area contributed by atoms with Crippen LogP contribution < -0.4 is 9.47 Å². The van der Waals surface area contributed by atoms with Crippen molar-refractivity contribution in [1.29, 1.82) is 0 Å². The topological polar surface area (TPSA) is 142 Å². The van der Waals surface area contributed by atoms with Gasteiger partial charge in [0.15, 0.2) is 11.5 Å². The zero-order valence-electron chi connectivity index (χ0n) is 19.6. The van der Waals surface area contributed by atoms with Crippen molar-refractivity contribution >= 4 is 40.4 Å². The van der Waals surface area contributed by atoms with Crippen molar-refractivity contribution in [3.63, 3.8) is 0 Å². The Bertz CT molecular complexity index is 1470. The largest absolute Gasteiger partial charge is 0.493 e. The van der Waals surface area contributed by atoms with Gasteiger partial charge in [0.2, 0.25) is 5.75 Å². The van der Waals surface area contributed by atoms with E-state index < -0.39 is 27.1 Å². The molecule has 4 rings (SSSR count). The average Bonchev–Trinajstić information content (AvgIpc) is 3.13. The number of non-ortho nitro benzene ring substituents is 1. The van der Waals surface area contributed by atoms with Crippen LogP contribution in [-0.2, 0) is 11.3 Å². The number of nitro benzene ring substituents is 2. The maximum Gasteiger partial charge on any atom is 0.318 e. The van der Waals surface area contributed by atoms with Gasteiger partial charge in [0.1, 0.15) is 0 Å². The predicted molar refractivity (Wildman–Crippen MR) is 136 cm³/mol. The quantitative estimate of drug-likeness (QED) is 0.203. The molecule has 1 saturated heterocycles.